The highest BCUT2D eigenvalue weighted by Gasteiger charge is 2.30. The molecule has 7 heteroatoms. The zero-order valence-electron chi connectivity index (χ0n) is 20.9. The number of amides is 2. The molecular weight excluding hydrogens is 450 g/mol. The first kappa shape index (κ1) is 26.5. The highest BCUT2D eigenvalue weighted by molar-refractivity contribution is 5.92. The van der Waals surface area contributed by atoms with Crippen LogP contribution in [0.2, 0.25) is 0 Å². The number of rotatable bonds is 11. The molecule has 0 fully saturated rings. The molecule has 2 amide bonds. The number of nitrogens with one attached hydrogen (secondary N) is 1. The molecule has 0 bridgehead atoms. The number of carbonyl (C=O) groups is 2. The summed E-state index contributed by atoms with van der Waals surface area (Å²) in [6.45, 7) is 2.35. The summed E-state index contributed by atoms with van der Waals surface area (Å²) < 4.78 is 0. The summed E-state index contributed by atoms with van der Waals surface area (Å²) in [5, 5.41) is 3.05. The van der Waals surface area contributed by atoms with Crippen LogP contribution in [0.5, 0.6) is 0 Å². The van der Waals surface area contributed by atoms with Gasteiger partial charge in [0.1, 0.15) is 6.04 Å². The molecule has 3 aromatic rings. The smallest absolute Gasteiger partial charge is 0.245 e. The van der Waals surface area contributed by atoms with Gasteiger partial charge in [0.15, 0.2) is 5.96 Å². The SMILES string of the molecule is C[C@H](c1ccccc1)N(C)C(=O)[C@H](CCCN=C(N)N)NC(=O)C(c1ccccc1)c1ccccc1. The summed E-state index contributed by atoms with van der Waals surface area (Å²) in [5.41, 5.74) is 13.6. The van der Waals surface area contributed by atoms with Crippen molar-refractivity contribution in [3.63, 3.8) is 0 Å². The standard InChI is InChI=1S/C29H35N5O2/c1-21(22-13-6-3-7-14-22)34(2)28(36)25(19-12-20-32-29(30)31)33-27(35)26(23-15-8-4-9-16-23)24-17-10-5-11-18-24/h3-11,13-18,21,25-26H,12,19-20H2,1-2H3,(H,33,35)(H4,30,31,32)/t21-,25+/m1/s1. The Kier molecular flexibility index (Phi) is 9.63. The second-order valence-corrected chi connectivity index (χ2v) is 8.80. The lowest BCUT2D eigenvalue weighted by Crippen LogP contribution is -2.49. The van der Waals surface area contributed by atoms with E-state index in [1.54, 1.807) is 11.9 Å². The lowest BCUT2D eigenvalue weighted by atomic mass is 9.90. The third-order valence-corrected chi connectivity index (χ3v) is 6.30. The zero-order valence-corrected chi connectivity index (χ0v) is 20.9. The molecule has 0 aliphatic carbocycles. The van der Waals surface area contributed by atoms with Crippen molar-refractivity contribution in [2.45, 2.75) is 37.8 Å². The van der Waals surface area contributed by atoms with Crippen molar-refractivity contribution in [2.75, 3.05) is 13.6 Å². The molecular formula is C29H35N5O2. The molecule has 0 aliphatic heterocycles. The van der Waals surface area contributed by atoms with E-state index < -0.39 is 12.0 Å². The number of nitrogens with two attached hydrogens (primary N) is 2. The van der Waals surface area contributed by atoms with Gasteiger partial charge in [0.25, 0.3) is 0 Å². The zero-order chi connectivity index (χ0) is 25.9. The van der Waals surface area contributed by atoms with Gasteiger partial charge in [0, 0.05) is 13.6 Å². The number of benzene rings is 3. The molecule has 2 atom stereocenters. The largest absolute Gasteiger partial charge is 0.370 e. The molecule has 7 nitrogen and oxygen atoms in total. The molecule has 0 saturated carbocycles. The Bertz CT molecular complexity index is 1090. The molecule has 3 aromatic carbocycles. The predicted octanol–water partition coefficient (Wildman–Crippen LogP) is 3.58. The maximum Gasteiger partial charge on any atom is 0.245 e. The molecule has 0 aromatic heterocycles. The predicted molar refractivity (Wildman–Crippen MR) is 144 cm³/mol. The average Bonchev–Trinajstić information content (AvgIpc) is 2.91. The molecule has 3 rings (SSSR count). The van der Waals surface area contributed by atoms with Crippen LogP contribution in [0.25, 0.3) is 0 Å². The molecule has 0 aliphatic rings. The minimum atomic E-state index is -0.724. The summed E-state index contributed by atoms with van der Waals surface area (Å²) in [6.07, 6.45) is 0.951. The third-order valence-electron chi connectivity index (χ3n) is 6.30. The Morgan fingerprint density at radius 1 is 0.833 bits per heavy atom. The van der Waals surface area contributed by atoms with Crippen LogP contribution in [0.1, 0.15) is 48.4 Å². The van der Waals surface area contributed by atoms with Gasteiger partial charge in [-0.15, -0.1) is 0 Å². The number of aliphatic imine (C=N–C) groups is 1. The van der Waals surface area contributed by atoms with Gasteiger partial charge in [-0.3, -0.25) is 14.6 Å². The Balaban J connectivity index is 1.85. The molecule has 0 unspecified atom stereocenters. The Hall–Kier alpha value is -4.13. The summed E-state index contributed by atoms with van der Waals surface area (Å²) in [6, 6.07) is 28.1. The number of nitrogens with zero attached hydrogens (tertiary/aromatic N) is 2. The van der Waals surface area contributed by atoms with E-state index in [-0.39, 0.29) is 23.8 Å². The van der Waals surface area contributed by atoms with Gasteiger partial charge in [-0.1, -0.05) is 91.0 Å². The minimum absolute atomic E-state index is 0.00458. The number of hydrogen-bond acceptors (Lipinski definition) is 3. The van der Waals surface area contributed by atoms with Crippen LogP contribution in [-0.2, 0) is 9.59 Å². The molecule has 0 radical (unpaired) electrons. The molecule has 188 valence electrons. The maximum absolute atomic E-state index is 13.7. The summed E-state index contributed by atoms with van der Waals surface area (Å²) in [4.78, 5) is 33.1. The maximum atomic E-state index is 13.7. The van der Waals surface area contributed by atoms with Crippen molar-refractivity contribution in [3.8, 4) is 0 Å². The number of hydrogen-bond donors (Lipinski definition) is 3. The molecule has 0 spiro atoms. The van der Waals surface area contributed by atoms with Gasteiger partial charge in [-0.05, 0) is 36.5 Å². The van der Waals surface area contributed by atoms with Gasteiger partial charge < -0.3 is 21.7 Å². The summed E-state index contributed by atoms with van der Waals surface area (Å²) in [5.74, 6) is -0.931. The first-order chi connectivity index (χ1) is 17.4. The van der Waals surface area contributed by atoms with Crippen molar-refractivity contribution in [1.29, 1.82) is 0 Å². The van der Waals surface area contributed by atoms with Crippen LogP contribution in [0.3, 0.4) is 0 Å². The Morgan fingerprint density at radius 2 is 1.31 bits per heavy atom. The highest BCUT2D eigenvalue weighted by Crippen LogP contribution is 2.26. The van der Waals surface area contributed by atoms with E-state index >= 15 is 0 Å². The van der Waals surface area contributed by atoms with Crippen molar-refractivity contribution in [2.24, 2.45) is 16.5 Å². The monoisotopic (exact) mass is 485 g/mol. The fraction of sp³-hybridized carbons (Fsp3) is 0.276. The third kappa shape index (κ3) is 7.18. The van der Waals surface area contributed by atoms with Crippen LogP contribution in [0.4, 0.5) is 0 Å². The van der Waals surface area contributed by atoms with E-state index in [0.717, 1.165) is 16.7 Å². The van der Waals surface area contributed by atoms with Gasteiger partial charge in [0.05, 0.1) is 12.0 Å². The van der Waals surface area contributed by atoms with Crippen LogP contribution in [0, 0.1) is 0 Å². The van der Waals surface area contributed by atoms with Crippen LogP contribution in [-0.4, -0.2) is 42.3 Å². The van der Waals surface area contributed by atoms with Crippen molar-refractivity contribution >= 4 is 17.8 Å². The van der Waals surface area contributed by atoms with E-state index in [4.69, 9.17) is 11.5 Å². The molecule has 0 heterocycles. The van der Waals surface area contributed by atoms with E-state index in [0.29, 0.717) is 19.4 Å². The fourth-order valence-corrected chi connectivity index (χ4v) is 4.19. The minimum Gasteiger partial charge on any atom is -0.370 e. The second kappa shape index (κ2) is 13.1. The van der Waals surface area contributed by atoms with Gasteiger partial charge in [-0.25, -0.2) is 0 Å². The average molecular weight is 486 g/mol. The number of likely N-dealkylation sites (N-methyl/N-ethyl adjacent to an activating group) is 1. The van der Waals surface area contributed by atoms with E-state index in [1.807, 2.05) is 97.9 Å². The summed E-state index contributed by atoms with van der Waals surface area (Å²) >= 11 is 0. The quantitative estimate of drug-likeness (QED) is 0.219. The lowest BCUT2D eigenvalue weighted by molar-refractivity contribution is -0.137. The first-order valence-corrected chi connectivity index (χ1v) is 12.2. The van der Waals surface area contributed by atoms with E-state index in [1.165, 1.54) is 0 Å². The fourth-order valence-electron chi connectivity index (χ4n) is 4.19. The van der Waals surface area contributed by atoms with Crippen LogP contribution >= 0.6 is 0 Å². The lowest BCUT2D eigenvalue weighted by Gasteiger charge is -2.30. The Labute approximate surface area is 213 Å². The van der Waals surface area contributed by atoms with E-state index in [9.17, 15) is 9.59 Å². The van der Waals surface area contributed by atoms with Crippen LogP contribution < -0.4 is 16.8 Å². The number of carbonyl (C=O) groups excluding carboxylic acids is 2. The van der Waals surface area contributed by atoms with Gasteiger partial charge in [-0.2, -0.15) is 0 Å². The molecule has 36 heavy (non-hydrogen) atoms. The van der Waals surface area contributed by atoms with Crippen molar-refractivity contribution in [3.05, 3.63) is 108 Å². The van der Waals surface area contributed by atoms with Crippen LogP contribution in [0.15, 0.2) is 96.0 Å². The first-order valence-electron chi connectivity index (χ1n) is 12.2. The van der Waals surface area contributed by atoms with Crippen molar-refractivity contribution in [1.82, 2.24) is 10.2 Å². The Morgan fingerprint density at radius 3 is 1.78 bits per heavy atom. The normalized spacial score (nSPS) is 12.4. The topological polar surface area (TPSA) is 114 Å². The molecule has 5 N–H and O–H groups in total. The highest BCUT2D eigenvalue weighted by atomic mass is 16.2. The van der Waals surface area contributed by atoms with Crippen molar-refractivity contribution < 1.29 is 9.59 Å². The van der Waals surface area contributed by atoms with Gasteiger partial charge >= 0.3 is 0 Å². The van der Waals surface area contributed by atoms with Gasteiger partial charge in [0.2, 0.25) is 11.8 Å². The summed E-state index contributed by atoms with van der Waals surface area (Å²) in [7, 11) is 1.76. The molecule has 0 saturated heterocycles. The number of guanidine groups is 1. The van der Waals surface area contributed by atoms with E-state index in [2.05, 4.69) is 10.3 Å². The second-order valence-electron chi connectivity index (χ2n) is 8.80.